The standard InChI is InChI=1S/C14H20FN3O2/c1-16-8-11-4-3-7-17(9-11)10-12-5-2-6-13(14(12)15)18(19)20/h2,5-6,11,16H,3-4,7-10H2,1H3. The van der Waals surface area contributed by atoms with Gasteiger partial charge in [0.2, 0.25) is 5.82 Å². The SMILES string of the molecule is CNCC1CCCN(Cc2cccc([N+](=O)[O-])c2F)C1. The van der Waals surface area contributed by atoms with E-state index in [1.165, 1.54) is 12.5 Å². The van der Waals surface area contributed by atoms with E-state index in [-0.39, 0.29) is 0 Å². The number of piperidine rings is 1. The van der Waals surface area contributed by atoms with Gasteiger partial charge in [0.05, 0.1) is 4.92 Å². The zero-order valence-corrected chi connectivity index (χ0v) is 11.6. The van der Waals surface area contributed by atoms with Gasteiger partial charge in [-0.2, -0.15) is 4.39 Å². The van der Waals surface area contributed by atoms with E-state index in [0.717, 1.165) is 26.1 Å². The highest BCUT2D eigenvalue weighted by molar-refractivity contribution is 5.36. The summed E-state index contributed by atoms with van der Waals surface area (Å²) in [6.45, 7) is 3.22. The predicted octanol–water partition coefficient (Wildman–Crippen LogP) is 2.17. The molecular weight excluding hydrogens is 261 g/mol. The number of hydrogen-bond donors (Lipinski definition) is 1. The van der Waals surface area contributed by atoms with Crippen LogP contribution in [0.4, 0.5) is 10.1 Å². The summed E-state index contributed by atoms with van der Waals surface area (Å²) >= 11 is 0. The molecule has 1 saturated heterocycles. The van der Waals surface area contributed by atoms with Gasteiger partial charge in [0.25, 0.3) is 0 Å². The molecule has 1 aromatic carbocycles. The number of nitro benzene ring substituents is 1. The van der Waals surface area contributed by atoms with Crippen LogP contribution < -0.4 is 5.32 Å². The predicted molar refractivity (Wildman–Crippen MR) is 75.0 cm³/mol. The zero-order valence-electron chi connectivity index (χ0n) is 11.6. The molecule has 0 radical (unpaired) electrons. The minimum atomic E-state index is -0.701. The third kappa shape index (κ3) is 3.52. The van der Waals surface area contributed by atoms with Crippen molar-refractivity contribution in [2.75, 3.05) is 26.7 Å². The Bertz CT molecular complexity index is 479. The summed E-state index contributed by atoms with van der Waals surface area (Å²) in [6, 6.07) is 4.38. The van der Waals surface area contributed by atoms with Crippen LogP contribution in [-0.2, 0) is 6.54 Å². The van der Waals surface area contributed by atoms with Crippen molar-refractivity contribution < 1.29 is 9.31 Å². The molecule has 1 N–H and O–H groups in total. The number of rotatable bonds is 5. The molecule has 0 aromatic heterocycles. The summed E-state index contributed by atoms with van der Waals surface area (Å²) in [4.78, 5) is 12.3. The third-order valence-electron chi connectivity index (χ3n) is 3.74. The second kappa shape index (κ2) is 6.76. The average Bonchev–Trinajstić information content (AvgIpc) is 2.42. The number of nitrogens with zero attached hydrogens (tertiary/aromatic N) is 2. The molecule has 0 saturated carbocycles. The molecule has 2 rings (SSSR count). The molecule has 1 aliphatic heterocycles. The molecule has 1 heterocycles. The molecule has 110 valence electrons. The Hall–Kier alpha value is -1.53. The largest absolute Gasteiger partial charge is 0.319 e. The van der Waals surface area contributed by atoms with Gasteiger partial charge in [-0.15, -0.1) is 0 Å². The molecule has 1 unspecified atom stereocenters. The van der Waals surface area contributed by atoms with Crippen molar-refractivity contribution in [2.45, 2.75) is 19.4 Å². The van der Waals surface area contributed by atoms with Crippen LogP contribution in [0, 0.1) is 21.8 Å². The summed E-state index contributed by atoms with van der Waals surface area (Å²) in [5, 5.41) is 13.9. The van der Waals surface area contributed by atoms with Gasteiger partial charge in [-0.25, -0.2) is 0 Å². The molecule has 6 heteroatoms. The lowest BCUT2D eigenvalue weighted by Crippen LogP contribution is -2.38. The first-order valence-corrected chi connectivity index (χ1v) is 6.90. The normalized spacial score (nSPS) is 20.0. The van der Waals surface area contributed by atoms with Crippen molar-refractivity contribution in [3.8, 4) is 0 Å². The van der Waals surface area contributed by atoms with Gasteiger partial charge in [-0.3, -0.25) is 15.0 Å². The maximum Gasteiger partial charge on any atom is 0.305 e. The van der Waals surface area contributed by atoms with E-state index >= 15 is 0 Å². The van der Waals surface area contributed by atoms with Crippen LogP contribution >= 0.6 is 0 Å². The number of likely N-dealkylation sites (tertiary alicyclic amines) is 1. The lowest BCUT2D eigenvalue weighted by atomic mass is 9.97. The van der Waals surface area contributed by atoms with Crippen LogP contribution in [0.15, 0.2) is 18.2 Å². The second-order valence-corrected chi connectivity index (χ2v) is 5.31. The van der Waals surface area contributed by atoms with Gasteiger partial charge in [-0.05, 0) is 38.9 Å². The first-order valence-electron chi connectivity index (χ1n) is 6.90. The number of nitrogens with one attached hydrogen (secondary N) is 1. The minimum absolute atomic E-state index is 0.407. The molecule has 0 bridgehead atoms. The average molecular weight is 281 g/mol. The van der Waals surface area contributed by atoms with Gasteiger partial charge in [0.1, 0.15) is 0 Å². The smallest absolute Gasteiger partial charge is 0.305 e. The van der Waals surface area contributed by atoms with Crippen LogP contribution in [-0.4, -0.2) is 36.5 Å². The van der Waals surface area contributed by atoms with Crippen molar-refractivity contribution in [1.82, 2.24) is 10.2 Å². The summed E-state index contributed by atoms with van der Waals surface area (Å²) in [6.07, 6.45) is 2.26. The number of benzene rings is 1. The highest BCUT2D eigenvalue weighted by Gasteiger charge is 2.22. The molecule has 1 aliphatic rings. The minimum Gasteiger partial charge on any atom is -0.319 e. The fourth-order valence-corrected chi connectivity index (χ4v) is 2.82. The Morgan fingerprint density at radius 1 is 1.55 bits per heavy atom. The molecule has 0 amide bonds. The zero-order chi connectivity index (χ0) is 14.5. The summed E-state index contributed by atoms with van der Waals surface area (Å²) in [5.74, 6) is -0.135. The molecule has 1 atom stereocenters. The monoisotopic (exact) mass is 281 g/mol. The van der Waals surface area contributed by atoms with Crippen LogP contribution in [0.3, 0.4) is 0 Å². The number of nitro groups is 1. The Labute approximate surface area is 117 Å². The molecule has 0 aliphatic carbocycles. The molecule has 20 heavy (non-hydrogen) atoms. The van der Waals surface area contributed by atoms with E-state index in [1.807, 2.05) is 7.05 Å². The molecule has 1 fully saturated rings. The van der Waals surface area contributed by atoms with E-state index in [1.54, 1.807) is 12.1 Å². The van der Waals surface area contributed by atoms with Gasteiger partial charge in [-0.1, -0.05) is 12.1 Å². The molecule has 5 nitrogen and oxygen atoms in total. The van der Waals surface area contributed by atoms with Gasteiger partial charge < -0.3 is 5.32 Å². The van der Waals surface area contributed by atoms with E-state index in [4.69, 9.17) is 0 Å². The lowest BCUT2D eigenvalue weighted by Gasteiger charge is -2.32. The van der Waals surface area contributed by atoms with Crippen LogP contribution in [0.25, 0.3) is 0 Å². The van der Waals surface area contributed by atoms with E-state index < -0.39 is 16.4 Å². The van der Waals surface area contributed by atoms with Crippen molar-refractivity contribution in [3.63, 3.8) is 0 Å². The maximum atomic E-state index is 14.0. The van der Waals surface area contributed by atoms with Gasteiger partial charge >= 0.3 is 5.69 Å². The fourth-order valence-electron chi connectivity index (χ4n) is 2.82. The first-order chi connectivity index (χ1) is 9.61. The van der Waals surface area contributed by atoms with E-state index in [0.29, 0.717) is 18.0 Å². The summed E-state index contributed by atoms with van der Waals surface area (Å²) < 4.78 is 14.0. The van der Waals surface area contributed by atoms with Crippen LogP contribution in [0.5, 0.6) is 0 Å². The van der Waals surface area contributed by atoms with E-state index in [2.05, 4.69) is 10.2 Å². The Morgan fingerprint density at radius 3 is 3.05 bits per heavy atom. The van der Waals surface area contributed by atoms with Crippen molar-refractivity contribution in [3.05, 3.63) is 39.7 Å². The van der Waals surface area contributed by atoms with Crippen LogP contribution in [0.1, 0.15) is 18.4 Å². The second-order valence-electron chi connectivity index (χ2n) is 5.31. The Morgan fingerprint density at radius 2 is 2.35 bits per heavy atom. The van der Waals surface area contributed by atoms with Crippen molar-refractivity contribution >= 4 is 5.69 Å². The third-order valence-corrected chi connectivity index (χ3v) is 3.74. The first kappa shape index (κ1) is 14.9. The molecular formula is C14H20FN3O2. The highest BCUT2D eigenvalue weighted by Crippen LogP contribution is 2.23. The highest BCUT2D eigenvalue weighted by atomic mass is 19.1. The quantitative estimate of drug-likeness (QED) is 0.664. The van der Waals surface area contributed by atoms with Gasteiger partial charge in [0.15, 0.2) is 0 Å². The Balaban J connectivity index is 2.06. The number of hydrogen-bond acceptors (Lipinski definition) is 4. The molecule has 0 spiro atoms. The molecule has 1 aromatic rings. The van der Waals surface area contributed by atoms with Gasteiger partial charge in [0, 0.05) is 24.7 Å². The summed E-state index contributed by atoms with van der Waals surface area (Å²) in [7, 11) is 1.93. The fraction of sp³-hybridized carbons (Fsp3) is 0.571. The van der Waals surface area contributed by atoms with Crippen LogP contribution in [0.2, 0.25) is 0 Å². The lowest BCUT2D eigenvalue weighted by molar-refractivity contribution is -0.387. The van der Waals surface area contributed by atoms with Crippen molar-refractivity contribution in [2.24, 2.45) is 5.92 Å². The Kier molecular flexibility index (Phi) is 5.03. The topological polar surface area (TPSA) is 58.4 Å². The summed E-state index contributed by atoms with van der Waals surface area (Å²) in [5.41, 5.74) is -0.0319. The van der Waals surface area contributed by atoms with E-state index in [9.17, 15) is 14.5 Å². The maximum absolute atomic E-state index is 14.0. The van der Waals surface area contributed by atoms with Crippen molar-refractivity contribution in [1.29, 1.82) is 0 Å². The number of halogens is 1.